The van der Waals surface area contributed by atoms with Crippen molar-refractivity contribution in [2.24, 2.45) is 5.92 Å². The van der Waals surface area contributed by atoms with Crippen molar-refractivity contribution in [1.29, 1.82) is 0 Å². The number of hydrogen-bond donors (Lipinski definition) is 0. The molecule has 1 fully saturated rings. The van der Waals surface area contributed by atoms with Gasteiger partial charge in [-0.15, -0.1) is 0 Å². The topological polar surface area (TPSA) is 26.3 Å². The van der Waals surface area contributed by atoms with E-state index in [-0.39, 0.29) is 0 Å². The summed E-state index contributed by atoms with van der Waals surface area (Å²) in [6.07, 6.45) is 7.09. The maximum absolute atomic E-state index is 10.8. The van der Waals surface area contributed by atoms with Gasteiger partial charge in [-0.2, -0.15) is 0 Å². The first-order chi connectivity index (χ1) is 14.3. The van der Waals surface area contributed by atoms with Crippen LogP contribution in [-0.4, -0.2) is 12.4 Å². The van der Waals surface area contributed by atoms with Crippen LogP contribution in [0.3, 0.4) is 0 Å². The average Bonchev–Trinajstić information content (AvgIpc) is 3.25. The van der Waals surface area contributed by atoms with E-state index in [0.717, 1.165) is 37.0 Å². The van der Waals surface area contributed by atoms with Crippen LogP contribution in [0, 0.1) is 5.92 Å². The van der Waals surface area contributed by atoms with Crippen LogP contribution in [0.4, 0.5) is 0 Å². The predicted molar refractivity (Wildman–Crippen MR) is 118 cm³/mol. The number of rotatable bonds is 8. The lowest BCUT2D eigenvalue weighted by atomic mass is 9.97. The number of aldehydes is 1. The molecule has 0 spiro atoms. The Morgan fingerprint density at radius 2 is 1.62 bits per heavy atom. The summed E-state index contributed by atoms with van der Waals surface area (Å²) in [5, 5.41) is 0. The summed E-state index contributed by atoms with van der Waals surface area (Å²) in [4.78, 5) is 10.8. The molecule has 148 valence electrons. The van der Waals surface area contributed by atoms with Crippen molar-refractivity contribution in [2.45, 2.75) is 44.8 Å². The van der Waals surface area contributed by atoms with Crippen LogP contribution in [0.25, 0.3) is 11.1 Å². The molecule has 3 aromatic carbocycles. The Kier molecular flexibility index (Phi) is 6.53. The fourth-order valence-corrected chi connectivity index (χ4v) is 4.33. The van der Waals surface area contributed by atoms with Crippen LogP contribution in [-0.2, 0) is 17.8 Å². The average molecular weight is 385 g/mol. The molecule has 29 heavy (non-hydrogen) atoms. The Labute approximate surface area is 173 Å². The maximum Gasteiger partial charge on any atom is 0.150 e. The fourth-order valence-electron chi connectivity index (χ4n) is 4.33. The largest absolute Gasteiger partial charge is 0.374 e. The molecule has 0 bridgehead atoms. The van der Waals surface area contributed by atoms with Crippen LogP contribution in [0.2, 0.25) is 0 Å². The summed E-state index contributed by atoms with van der Waals surface area (Å²) in [6.45, 7) is 0.676. The highest BCUT2D eigenvalue weighted by Gasteiger charge is 2.25. The molecule has 3 aromatic rings. The molecule has 1 saturated carbocycles. The predicted octanol–water partition coefficient (Wildman–Crippen LogP) is 6.48. The van der Waals surface area contributed by atoms with Crippen LogP contribution in [0.1, 0.15) is 47.2 Å². The van der Waals surface area contributed by atoms with Gasteiger partial charge >= 0.3 is 0 Å². The highest BCUT2D eigenvalue weighted by molar-refractivity contribution is 5.74. The summed E-state index contributed by atoms with van der Waals surface area (Å²) in [7, 11) is 0. The van der Waals surface area contributed by atoms with Crippen LogP contribution < -0.4 is 0 Å². The number of carbonyl (C=O) groups excluding carboxylic acids is 1. The van der Waals surface area contributed by atoms with E-state index in [1.165, 1.54) is 35.1 Å². The third kappa shape index (κ3) is 5.21. The second-order valence-corrected chi connectivity index (χ2v) is 8.03. The molecule has 0 heterocycles. The molecule has 0 saturated heterocycles. The van der Waals surface area contributed by atoms with E-state index < -0.39 is 0 Å². The molecule has 4 rings (SSSR count). The van der Waals surface area contributed by atoms with Crippen molar-refractivity contribution < 1.29 is 9.53 Å². The van der Waals surface area contributed by atoms with Gasteiger partial charge in [-0.1, -0.05) is 78.9 Å². The van der Waals surface area contributed by atoms with E-state index in [1.807, 2.05) is 12.1 Å². The molecular formula is C27H28O2. The van der Waals surface area contributed by atoms with Crippen molar-refractivity contribution in [3.05, 3.63) is 95.6 Å². The quantitative estimate of drug-likeness (QED) is 0.415. The van der Waals surface area contributed by atoms with Crippen molar-refractivity contribution in [2.75, 3.05) is 0 Å². The highest BCUT2D eigenvalue weighted by atomic mass is 16.5. The summed E-state index contributed by atoms with van der Waals surface area (Å²) in [6, 6.07) is 27.1. The number of ether oxygens (including phenoxy) is 1. The van der Waals surface area contributed by atoms with Gasteiger partial charge < -0.3 is 4.74 Å². The highest BCUT2D eigenvalue weighted by Crippen LogP contribution is 2.33. The van der Waals surface area contributed by atoms with Gasteiger partial charge in [0.05, 0.1) is 12.7 Å². The number of hydrogen-bond acceptors (Lipinski definition) is 2. The normalized spacial score (nSPS) is 18.6. The smallest absolute Gasteiger partial charge is 0.150 e. The lowest BCUT2D eigenvalue weighted by Gasteiger charge is -2.15. The SMILES string of the molecule is O=Cc1ccc(CC[C@H]2CCC(OCc3ccccc3-c3ccccc3)C2)cc1. The molecule has 0 aliphatic heterocycles. The molecule has 1 unspecified atom stereocenters. The van der Waals surface area contributed by atoms with Crippen molar-refractivity contribution in [3.63, 3.8) is 0 Å². The van der Waals surface area contributed by atoms with E-state index in [4.69, 9.17) is 4.74 Å². The first-order valence-corrected chi connectivity index (χ1v) is 10.6. The van der Waals surface area contributed by atoms with Crippen molar-refractivity contribution >= 4 is 6.29 Å². The summed E-state index contributed by atoms with van der Waals surface area (Å²) < 4.78 is 6.32. The number of carbonyl (C=O) groups is 1. The maximum atomic E-state index is 10.8. The van der Waals surface area contributed by atoms with Gasteiger partial charge in [0.2, 0.25) is 0 Å². The van der Waals surface area contributed by atoms with Crippen LogP contribution >= 0.6 is 0 Å². The molecule has 0 N–H and O–H groups in total. The van der Waals surface area contributed by atoms with Gasteiger partial charge in [0.25, 0.3) is 0 Å². The van der Waals surface area contributed by atoms with E-state index in [0.29, 0.717) is 12.7 Å². The molecule has 2 atom stereocenters. The molecule has 1 aliphatic rings. The molecular weight excluding hydrogens is 356 g/mol. The fraction of sp³-hybridized carbons (Fsp3) is 0.296. The molecule has 0 radical (unpaired) electrons. The minimum Gasteiger partial charge on any atom is -0.374 e. The second kappa shape index (κ2) is 9.67. The number of benzene rings is 3. The summed E-state index contributed by atoms with van der Waals surface area (Å²) >= 11 is 0. The Bertz CT molecular complexity index is 915. The van der Waals surface area contributed by atoms with E-state index in [1.54, 1.807) is 0 Å². The zero-order valence-electron chi connectivity index (χ0n) is 16.8. The van der Waals surface area contributed by atoms with Gasteiger partial charge in [-0.25, -0.2) is 0 Å². The summed E-state index contributed by atoms with van der Waals surface area (Å²) in [5.74, 6) is 0.732. The molecule has 2 nitrogen and oxygen atoms in total. The van der Waals surface area contributed by atoms with Gasteiger partial charge in [-0.05, 0) is 60.3 Å². The lowest BCUT2D eigenvalue weighted by molar-refractivity contribution is 0.0429. The Morgan fingerprint density at radius 1 is 0.862 bits per heavy atom. The van der Waals surface area contributed by atoms with E-state index >= 15 is 0 Å². The van der Waals surface area contributed by atoms with Crippen molar-refractivity contribution in [1.82, 2.24) is 0 Å². The van der Waals surface area contributed by atoms with Gasteiger partial charge in [0.1, 0.15) is 6.29 Å². The molecule has 1 aliphatic carbocycles. The molecule has 0 aromatic heterocycles. The molecule has 2 heteroatoms. The zero-order chi connectivity index (χ0) is 19.9. The third-order valence-electron chi connectivity index (χ3n) is 6.03. The van der Waals surface area contributed by atoms with Gasteiger partial charge in [-0.3, -0.25) is 4.79 Å². The van der Waals surface area contributed by atoms with Gasteiger partial charge in [0.15, 0.2) is 0 Å². The molecule has 0 amide bonds. The Morgan fingerprint density at radius 3 is 2.41 bits per heavy atom. The van der Waals surface area contributed by atoms with Gasteiger partial charge in [0, 0.05) is 5.56 Å². The van der Waals surface area contributed by atoms with Crippen LogP contribution in [0.15, 0.2) is 78.9 Å². The van der Waals surface area contributed by atoms with Crippen LogP contribution in [0.5, 0.6) is 0 Å². The Balaban J connectivity index is 1.28. The third-order valence-corrected chi connectivity index (χ3v) is 6.03. The number of aryl methyl sites for hydroxylation is 1. The lowest BCUT2D eigenvalue weighted by Crippen LogP contribution is -2.09. The Hall–Kier alpha value is -2.71. The summed E-state index contributed by atoms with van der Waals surface area (Å²) in [5.41, 5.74) is 5.84. The first-order valence-electron chi connectivity index (χ1n) is 10.6. The standard InChI is InChI=1S/C27H28O2/c28-19-23-14-11-21(12-15-23)10-13-22-16-17-26(18-22)29-20-25-8-4-5-9-27(25)24-6-2-1-3-7-24/h1-9,11-12,14-15,19,22,26H,10,13,16-18,20H2/t22-,26?/m0/s1. The van der Waals surface area contributed by atoms with E-state index in [9.17, 15) is 4.79 Å². The minimum atomic E-state index is 0.362. The minimum absolute atomic E-state index is 0.362. The zero-order valence-corrected chi connectivity index (χ0v) is 16.8. The monoisotopic (exact) mass is 384 g/mol. The van der Waals surface area contributed by atoms with Crippen molar-refractivity contribution in [3.8, 4) is 11.1 Å². The first kappa shape index (κ1) is 19.6. The van der Waals surface area contributed by atoms with E-state index in [2.05, 4.69) is 66.7 Å². The second-order valence-electron chi connectivity index (χ2n) is 8.03.